The topological polar surface area (TPSA) is 75.7 Å². The summed E-state index contributed by atoms with van der Waals surface area (Å²) in [5.41, 5.74) is 7.13. The van der Waals surface area contributed by atoms with Gasteiger partial charge in [-0.2, -0.15) is 0 Å². The number of nitrogens with two attached hydrogens (primary N) is 1. The van der Waals surface area contributed by atoms with Gasteiger partial charge in [0.05, 0.1) is 13.2 Å². The van der Waals surface area contributed by atoms with E-state index in [1.807, 2.05) is 0 Å². The lowest BCUT2D eigenvalue weighted by Crippen LogP contribution is -2.20. The van der Waals surface area contributed by atoms with Gasteiger partial charge in [-0.15, -0.1) is 0 Å². The molecule has 0 aliphatic carbocycles. The van der Waals surface area contributed by atoms with Gasteiger partial charge in [-0.1, -0.05) is 12.1 Å². The van der Waals surface area contributed by atoms with E-state index in [0.717, 1.165) is 12.0 Å². The molecule has 1 atom stereocenters. The Morgan fingerprint density at radius 3 is 3.00 bits per heavy atom. The fourth-order valence-electron chi connectivity index (χ4n) is 1.64. The zero-order valence-corrected chi connectivity index (χ0v) is 7.73. The molecule has 4 nitrogen and oxygen atoms in total. The molecule has 1 aromatic rings. The highest BCUT2D eigenvalue weighted by Gasteiger charge is 2.22. The first kappa shape index (κ1) is 9.30. The molecule has 0 amide bonds. The number of fused-ring (bicyclic) bond motifs is 1. The van der Waals surface area contributed by atoms with Crippen LogP contribution in [0.5, 0.6) is 11.5 Å². The molecule has 2 rings (SSSR count). The molecule has 0 saturated heterocycles. The highest BCUT2D eigenvalue weighted by molar-refractivity contribution is 5.52. The predicted molar refractivity (Wildman–Crippen MR) is 51.1 cm³/mol. The fourth-order valence-corrected chi connectivity index (χ4v) is 1.64. The second kappa shape index (κ2) is 3.48. The van der Waals surface area contributed by atoms with Crippen molar-refractivity contribution in [1.29, 1.82) is 0 Å². The summed E-state index contributed by atoms with van der Waals surface area (Å²) in [5.74, 6) is 0.440. The zero-order chi connectivity index (χ0) is 10.1. The highest BCUT2D eigenvalue weighted by Crippen LogP contribution is 2.39. The minimum absolute atomic E-state index is 0.0140. The van der Waals surface area contributed by atoms with E-state index in [9.17, 15) is 5.11 Å². The standard InChI is InChI=1S/C10H13NO3/c11-8-3-4-14-10-7(8)2-1-6(5-12)9(10)13/h1-2,8,12-13H,3-5,11H2/t8-/m1/s1. The van der Waals surface area contributed by atoms with Gasteiger partial charge < -0.3 is 20.7 Å². The molecule has 76 valence electrons. The third-order valence-electron chi connectivity index (χ3n) is 2.49. The fraction of sp³-hybridized carbons (Fsp3) is 0.400. The Morgan fingerprint density at radius 2 is 2.29 bits per heavy atom. The molecular formula is C10H13NO3. The summed E-state index contributed by atoms with van der Waals surface area (Å²) >= 11 is 0. The second-order valence-corrected chi connectivity index (χ2v) is 3.39. The maximum Gasteiger partial charge on any atom is 0.166 e. The predicted octanol–water partition coefficient (Wildman–Crippen LogP) is 0.667. The van der Waals surface area contributed by atoms with Crippen LogP contribution in [-0.2, 0) is 6.61 Å². The van der Waals surface area contributed by atoms with Crippen molar-refractivity contribution in [2.24, 2.45) is 5.73 Å². The molecule has 0 saturated carbocycles. The number of aliphatic hydroxyl groups is 1. The van der Waals surface area contributed by atoms with Crippen LogP contribution in [0, 0.1) is 0 Å². The number of aromatic hydroxyl groups is 1. The first-order valence-corrected chi connectivity index (χ1v) is 4.58. The van der Waals surface area contributed by atoms with E-state index in [4.69, 9.17) is 15.6 Å². The average molecular weight is 195 g/mol. The first-order valence-electron chi connectivity index (χ1n) is 4.58. The van der Waals surface area contributed by atoms with Crippen LogP contribution in [0.25, 0.3) is 0 Å². The van der Waals surface area contributed by atoms with Gasteiger partial charge in [-0.3, -0.25) is 0 Å². The zero-order valence-electron chi connectivity index (χ0n) is 7.73. The molecule has 0 bridgehead atoms. The summed E-state index contributed by atoms with van der Waals surface area (Å²) in [6.07, 6.45) is 0.755. The SMILES string of the molecule is N[C@@H]1CCOc2c1ccc(CO)c2O. The summed E-state index contributed by atoms with van der Waals surface area (Å²) in [5, 5.41) is 18.7. The van der Waals surface area contributed by atoms with E-state index in [1.54, 1.807) is 12.1 Å². The Bertz CT molecular complexity index is 351. The lowest BCUT2D eigenvalue weighted by atomic mass is 9.99. The van der Waals surface area contributed by atoms with Crippen LogP contribution in [0.2, 0.25) is 0 Å². The van der Waals surface area contributed by atoms with E-state index >= 15 is 0 Å². The molecule has 0 aromatic heterocycles. The number of rotatable bonds is 1. The largest absolute Gasteiger partial charge is 0.504 e. The molecule has 1 aromatic carbocycles. The van der Waals surface area contributed by atoms with Crippen LogP contribution in [0.4, 0.5) is 0 Å². The van der Waals surface area contributed by atoms with Crippen molar-refractivity contribution < 1.29 is 14.9 Å². The van der Waals surface area contributed by atoms with Crippen molar-refractivity contribution in [3.05, 3.63) is 23.3 Å². The molecule has 4 heteroatoms. The van der Waals surface area contributed by atoms with Crippen molar-refractivity contribution >= 4 is 0 Å². The van der Waals surface area contributed by atoms with E-state index < -0.39 is 0 Å². The van der Waals surface area contributed by atoms with Crippen LogP contribution >= 0.6 is 0 Å². The summed E-state index contributed by atoms with van der Waals surface area (Å²) in [6, 6.07) is 3.38. The van der Waals surface area contributed by atoms with Crippen LogP contribution in [0.1, 0.15) is 23.6 Å². The van der Waals surface area contributed by atoms with Gasteiger partial charge in [-0.05, 0) is 0 Å². The van der Waals surface area contributed by atoms with Crippen molar-refractivity contribution in [2.45, 2.75) is 19.1 Å². The van der Waals surface area contributed by atoms with Crippen molar-refractivity contribution in [1.82, 2.24) is 0 Å². The average Bonchev–Trinajstić information content (AvgIpc) is 2.20. The van der Waals surface area contributed by atoms with Crippen LogP contribution in [0.15, 0.2) is 12.1 Å². The van der Waals surface area contributed by atoms with Gasteiger partial charge >= 0.3 is 0 Å². The molecule has 1 aliphatic rings. The molecule has 1 heterocycles. The summed E-state index contributed by atoms with van der Waals surface area (Å²) in [7, 11) is 0. The Morgan fingerprint density at radius 1 is 1.50 bits per heavy atom. The van der Waals surface area contributed by atoms with Crippen LogP contribution < -0.4 is 10.5 Å². The highest BCUT2D eigenvalue weighted by atomic mass is 16.5. The number of benzene rings is 1. The normalized spacial score (nSPS) is 20.0. The third-order valence-corrected chi connectivity index (χ3v) is 2.49. The number of aliphatic hydroxyl groups excluding tert-OH is 1. The number of hydrogen-bond acceptors (Lipinski definition) is 4. The number of phenols is 1. The maximum absolute atomic E-state index is 9.71. The number of hydrogen-bond donors (Lipinski definition) is 3. The third kappa shape index (κ3) is 1.32. The van der Waals surface area contributed by atoms with Gasteiger partial charge in [0, 0.05) is 23.6 Å². The molecule has 0 fully saturated rings. The summed E-state index contributed by atoms with van der Waals surface area (Å²) < 4.78 is 5.33. The molecule has 0 radical (unpaired) electrons. The van der Waals surface area contributed by atoms with Gasteiger partial charge in [0.1, 0.15) is 0 Å². The monoisotopic (exact) mass is 195 g/mol. The molecule has 14 heavy (non-hydrogen) atoms. The van der Waals surface area contributed by atoms with E-state index in [-0.39, 0.29) is 18.4 Å². The Balaban J connectivity index is 2.52. The summed E-state index contributed by atoms with van der Waals surface area (Å²) in [4.78, 5) is 0. The molecular weight excluding hydrogens is 182 g/mol. The molecule has 1 aliphatic heterocycles. The number of ether oxygens (including phenoxy) is 1. The van der Waals surface area contributed by atoms with E-state index in [0.29, 0.717) is 17.9 Å². The Hall–Kier alpha value is -1.26. The minimum atomic E-state index is -0.197. The van der Waals surface area contributed by atoms with Crippen molar-refractivity contribution in [3.63, 3.8) is 0 Å². The molecule has 0 unspecified atom stereocenters. The maximum atomic E-state index is 9.71. The van der Waals surface area contributed by atoms with Crippen LogP contribution in [0.3, 0.4) is 0 Å². The van der Waals surface area contributed by atoms with Gasteiger partial charge in [-0.25, -0.2) is 0 Å². The lowest BCUT2D eigenvalue weighted by Gasteiger charge is -2.24. The Kier molecular flexibility index (Phi) is 2.31. The Labute approximate surface area is 81.9 Å². The first-order chi connectivity index (χ1) is 6.74. The lowest BCUT2D eigenvalue weighted by molar-refractivity contribution is 0.245. The molecule has 4 N–H and O–H groups in total. The van der Waals surface area contributed by atoms with Crippen molar-refractivity contribution in [3.8, 4) is 11.5 Å². The smallest absolute Gasteiger partial charge is 0.166 e. The van der Waals surface area contributed by atoms with Crippen LogP contribution in [-0.4, -0.2) is 16.8 Å². The van der Waals surface area contributed by atoms with E-state index in [2.05, 4.69) is 0 Å². The molecule has 0 spiro atoms. The second-order valence-electron chi connectivity index (χ2n) is 3.39. The quantitative estimate of drug-likeness (QED) is 0.615. The van der Waals surface area contributed by atoms with Crippen molar-refractivity contribution in [2.75, 3.05) is 6.61 Å². The summed E-state index contributed by atoms with van der Waals surface area (Å²) in [6.45, 7) is 0.314. The van der Waals surface area contributed by atoms with Gasteiger partial charge in [0.25, 0.3) is 0 Å². The van der Waals surface area contributed by atoms with E-state index in [1.165, 1.54) is 0 Å². The van der Waals surface area contributed by atoms with Gasteiger partial charge in [0.15, 0.2) is 11.5 Å². The van der Waals surface area contributed by atoms with Gasteiger partial charge in [0.2, 0.25) is 0 Å². The minimum Gasteiger partial charge on any atom is -0.504 e.